The lowest BCUT2D eigenvalue weighted by Gasteiger charge is -2.10. The summed E-state index contributed by atoms with van der Waals surface area (Å²) in [6, 6.07) is 13.5. The van der Waals surface area contributed by atoms with E-state index in [1.54, 1.807) is 42.5 Å². The average molecular weight is 319 g/mol. The molecule has 2 amide bonds. The summed E-state index contributed by atoms with van der Waals surface area (Å²) < 4.78 is 5.14. The number of para-hydroxylation sites is 2. The van der Waals surface area contributed by atoms with Crippen LogP contribution < -0.4 is 15.4 Å². The number of hydrogen-bond donors (Lipinski definition) is 2. The van der Waals surface area contributed by atoms with Crippen LogP contribution in [0.15, 0.2) is 48.5 Å². The van der Waals surface area contributed by atoms with Gasteiger partial charge in [-0.3, -0.25) is 9.59 Å². The zero-order valence-electron chi connectivity index (χ0n) is 11.9. The van der Waals surface area contributed by atoms with E-state index in [1.165, 1.54) is 13.2 Å². The number of ether oxygens (including phenoxy) is 1. The molecule has 0 saturated carbocycles. The van der Waals surface area contributed by atoms with Gasteiger partial charge in [-0.2, -0.15) is 0 Å². The molecule has 0 unspecified atom stereocenters. The van der Waals surface area contributed by atoms with E-state index in [9.17, 15) is 9.59 Å². The summed E-state index contributed by atoms with van der Waals surface area (Å²) >= 11 is 5.82. The highest BCUT2D eigenvalue weighted by molar-refractivity contribution is 6.31. The molecule has 0 aliphatic carbocycles. The highest BCUT2D eigenvalue weighted by atomic mass is 35.5. The predicted molar refractivity (Wildman–Crippen MR) is 85.4 cm³/mol. The van der Waals surface area contributed by atoms with Crippen LogP contribution in [0.2, 0.25) is 5.02 Å². The number of carbonyl (C=O) groups is 2. The summed E-state index contributed by atoms with van der Waals surface area (Å²) in [5, 5.41) is 5.67. The Balaban J connectivity index is 1.91. The van der Waals surface area contributed by atoms with Gasteiger partial charge in [-0.05, 0) is 30.3 Å². The van der Waals surface area contributed by atoms with Gasteiger partial charge in [-0.1, -0.05) is 29.8 Å². The molecule has 2 aromatic carbocycles. The maximum atomic E-state index is 11.9. The lowest BCUT2D eigenvalue weighted by molar-refractivity contribution is -0.115. The van der Waals surface area contributed by atoms with Gasteiger partial charge in [0, 0.05) is 10.6 Å². The Kier molecular flexibility index (Phi) is 5.38. The number of anilines is 1. The van der Waals surface area contributed by atoms with E-state index in [0.29, 0.717) is 22.0 Å². The first-order valence-corrected chi connectivity index (χ1v) is 6.94. The smallest absolute Gasteiger partial charge is 0.251 e. The quantitative estimate of drug-likeness (QED) is 0.890. The van der Waals surface area contributed by atoms with Crippen molar-refractivity contribution in [2.45, 2.75) is 0 Å². The second kappa shape index (κ2) is 7.47. The van der Waals surface area contributed by atoms with E-state index in [-0.39, 0.29) is 18.4 Å². The summed E-state index contributed by atoms with van der Waals surface area (Å²) in [5.74, 6) is -0.158. The van der Waals surface area contributed by atoms with Crippen molar-refractivity contribution in [2.24, 2.45) is 0 Å². The molecule has 6 heteroatoms. The van der Waals surface area contributed by atoms with Gasteiger partial charge in [0.15, 0.2) is 0 Å². The number of carbonyl (C=O) groups excluding carboxylic acids is 2. The molecular formula is C16H15ClN2O3. The van der Waals surface area contributed by atoms with Crippen molar-refractivity contribution in [2.75, 3.05) is 19.0 Å². The SMILES string of the molecule is COc1ccccc1NC(=O)CNC(=O)c1cccc(Cl)c1. The largest absolute Gasteiger partial charge is 0.495 e. The standard InChI is InChI=1S/C16H15ClN2O3/c1-22-14-8-3-2-7-13(14)19-15(20)10-18-16(21)11-5-4-6-12(17)9-11/h2-9H,10H2,1H3,(H,18,21)(H,19,20). The molecule has 0 fully saturated rings. The van der Waals surface area contributed by atoms with E-state index in [1.807, 2.05) is 0 Å². The second-order valence-electron chi connectivity index (χ2n) is 4.44. The highest BCUT2D eigenvalue weighted by Gasteiger charge is 2.10. The molecule has 0 heterocycles. The van der Waals surface area contributed by atoms with Crippen molar-refractivity contribution in [1.82, 2.24) is 5.32 Å². The van der Waals surface area contributed by atoms with E-state index in [4.69, 9.17) is 16.3 Å². The number of methoxy groups -OCH3 is 1. The fourth-order valence-electron chi connectivity index (χ4n) is 1.83. The maximum Gasteiger partial charge on any atom is 0.251 e. The molecule has 5 nitrogen and oxygen atoms in total. The van der Waals surface area contributed by atoms with Gasteiger partial charge in [0.1, 0.15) is 5.75 Å². The molecule has 2 N–H and O–H groups in total. The van der Waals surface area contributed by atoms with Crippen molar-refractivity contribution < 1.29 is 14.3 Å². The molecule has 0 spiro atoms. The molecular weight excluding hydrogens is 304 g/mol. The highest BCUT2D eigenvalue weighted by Crippen LogP contribution is 2.22. The minimum atomic E-state index is -0.363. The van der Waals surface area contributed by atoms with Crippen LogP contribution in [-0.4, -0.2) is 25.5 Å². The van der Waals surface area contributed by atoms with Gasteiger partial charge in [0.2, 0.25) is 5.91 Å². The number of hydrogen-bond acceptors (Lipinski definition) is 3. The monoisotopic (exact) mass is 318 g/mol. The Bertz CT molecular complexity index is 689. The predicted octanol–water partition coefficient (Wildman–Crippen LogP) is 2.72. The Morgan fingerprint density at radius 2 is 1.91 bits per heavy atom. The first-order chi connectivity index (χ1) is 10.6. The minimum Gasteiger partial charge on any atom is -0.495 e. The maximum absolute atomic E-state index is 11.9. The third kappa shape index (κ3) is 4.23. The van der Waals surface area contributed by atoms with Gasteiger partial charge in [-0.15, -0.1) is 0 Å². The average Bonchev–Trinajstić information content (AvgIpc) is 2.53. The molecule has 2 rings (SSSR count). The molecule has 2 aromatic rings. The third-order valence-electron chi connectivity index (χ3n) is 2.88. The van der Waals surface area contributed by atoms with Crippen LogP contribution in [-0.2, 0) is 4.79 Å². The van der Waals surface area contributed by atoms with Crippen LogP contribution in [0, 0.1) is 0 Å². The number of rotatable bonds is 5. The molecule has 22 heavy (non-hydrogen) atoms. The molecule has 0 radical (unpaired) electrons. The Hall–Kier alpha value is -2.53. The van der Waals surface area contributed by atoms with Crippen LogP contribution in [0.3, 0.4) is 0 Å². The fraction of sp³-hybridized carbons (Fsp3) is 0.125. The molecule has 114 valence electrons. The van der Waals surface area contributed by atoms with Gasteiger partial charge in [0.05, 0.1) is 19.3 Å². The first kappa shape index (κ1) is 15.9. The molecule has 0 bridgehead atoms. The Labute approximate surface area is 133 Å². The molecule has 0 aromatic heterocycles. The second-order valence-corrected chi connectivity index (χ2v) is 4.88. The first-order valence-electron chi connectivity index (χ1n) is 6.57. The van der Waals surface area contributed by atoms with Gasteiger partial charge >= 0.3 is 0 Å². The molecule has 0 aliphatic rings. The number of amides is 2. The third-order valence-corrected chi connectivity index (χ3v) is 3.11. The van der Waals surface area contributed by atoms with Crippen LogP contribution >= 0.6 is 11.6 Å². The topological polar surface area (TPSA) is 67.4 Å². The van der Waals surface area contributed by atoms with Gasteiger partial charge in [-0.25, -0.2) is 0 Å². The summed E-state index contributed by atoms with van der Waals surface area (Å²) in [5.41, 5.74) is 0.949. The van der Waals surface area contributed by atoms with Gasteiger partial charge in [0.25, 0.3) is 5.91 Å². The number of halogens is 1. The summed E-state index contributed by atoms with van der Waals surface area (Å²) in [7, 11) is 1.52. The number of benzene rings is 2. The molecule has 0 aliphatic heterocycles. The molecule has 0 saturated heterocycles. The zero-order chi connectivity index (χ0) is 15.9. The van der Waals surface area contributed by atoms with Crippen LogP contribution in [0.1, 0.15) is 10.4 Å². The summed E-state index contributed by atoms with van der Waals surface area (Å²) in [4.78, 5) is 23.8. The van der Waals surface area contributed by atoms with Crippen LogP contribution in [0.4, 0.5) is 5.69 Å². The van der Waals surface area contributed by atoms with Crippen molar-refractivity contribution in [3.63, 3.8) is 0 Å². The number of nitrogens with one attached hydrogen (secondary N) is 2. The van der Waals surface area contributed by atoms with E-state index >= 15 is 0 Å². The fourth-order valence-corrected chi connectivity index (χ4v) is 2.02. The van der Waals surface area contributed by atoms with E-state index in [0.717, 1.165) is 0 Å². The van der Waals surface area contributed by atoms with Crippen molar-refractivity contribution in [3.05, 3.63) is 59.1 Å². The van der Waals surface area contributed by atoms with Crippen molar-refractivity contribution in [1.29, 1.82) is 0 Å². The van der Waals surface area contributed by atoms with E-state index in [2.05, 4.69) is 10.6 Å². The van der Waals surface area contributed by atoms with Crippen molar-refractivity contribution >= 4 is 29.1 Å². The Morgan fingerprint density at radius 1 is 1.14 bits per heavy atom. The lowest BCUT2D eigenvalue weighted by atomic mass is 10.2. The summed E-state index contributed by atoms with van der Waals surface area (Å²) in [6.45, 7) is -0.149. The van der Waals surface area contributed by atoms with E-state index < -0.39 is 0 Å². The van der Waals surface area contributed by atoms with Crippen molar-refractivity contribution in [3.8, 4) is 5.75 Å². The normalized spacial score (nSPS) is 9.91. The molecule has 0 atom stereocenters. The zero-order valence-corrected chi connectivity index (χ0v) is 12.7. The van der Waals surface area contributed by atoms with Crippen LogP contribution in [0.5, 0.6) is 5.75 Å². The van der Waals surface area contributed by atoms with Crippen LogP contribution in [0.25, 0.3) is 0 Å². The Morgan fingerprint density at radius 3 is 2.64 bits per heavy atom. The van der Waals surface area contributed by atoms with Gasteiger partial charge < -0.3 is 15.4 Å². The minimum absolute atomic E-state index is 0.149. The lowest BCUT2D eigenvalue weighted by Crippen LogP contribution is -2.32. The summed E-state index contributed by atoms with van der Waals surface area (Å²) in [6.07, 6.45) is 0.